The highest BCUT2D eigenvalue weighted by atomic mass is 15.1. The van der Waals surface area contributed by atoms with Crippen LogP contribution in [0.1, 0.15) is 58.3 Å². The molecule has 0 aromatic rings. The predicted octanol–water partition coefficient (Wildman–Crippen LogP) is 2.77. The number of likely N-dealkylation sites (tertiary alicyclic amines) is 1. The molecule has 0 radical (unpaired) electrons. The molecule has 1 aliphatic rings. The molecule has 1 heterocycles. The molecular weight excluding hydrogens is 184 g/mol. The molecule has 0 amide bonds. The second-order valence-electron chi connectivity index (χ2n) is 4.95. The van der Waals surface area contributed by atoms with Crippen molar-refractivity contribution in [3.63, 3.8) is 0 Å². The zero-order valence-corrected chi connectivity index (χ0v) is 10.4. The van der Waals surface area contributed by atoms with E-state index in [0.29, 0.717) is 6.04 Å². The van der Waals surface area contributed by atoms with E-state index in [1.165, 1.54) is 71.0 Å². The summed E-state index contributed by atoms with van der Waals surface area (Å²) in [6.07, 6.45) is 10.8. The van der Waals surface area contributed by atoms with Gasteiger partial charge in [0.25, 0.3) is 0 Å². The summed E-state index contributed by atoms with van der Waals surface area (Å²) in [6.45, 7) is 6.04. The lowest BCUT2D eigenvalue weighted by atomic mass is 10.1. The summed E-state index contributed by atoms with van der Waals surface area (Å²) in [6, 6.07) is 0.478. The van der Waals surface area contributed by atoms with E-state index in [4.69, 9.17) is 5.73 Å². The Bertz CT molecular complexity index is 139. The Morgan fingerprint density at radius 2 is 1.60 bits per heavy atom. The highest BCUT2D eigenvalue weighted by Crippen LogP contribution is 2.10. The molecule has 2 nitrogen and oxygen atoms in total. The lowest BCUT2D eigenvalue weighted by Crippen LogP contribution is -2.39. The summed E-state index contributed by atoms with van der Waals surface area (Å²) >= 11 is 0. The van der Waals surface area contributed by atoms with Gasteiger partial charge in [0.1, 0.15) is 0 Å². The Kier molecular flexibility index (Phi) is 7.03. The molecule has 15 heavy (non-hydrogen) atoms. The third-order valence-corrected chi connectivity index (χ3v) is 3.46. The van der Waals surface area contributed by atoms with Crippen molar-refractivity contribution in [1.29, 1.82) is 0 Å². The van der Waals surface area contributed by atoms with Crippen LogP contribution in [0.3, 0.4) is 0 Å². The molecule has 0 spiro atoms. The fourth-order valence-electron chi connectivity index (χ4n) is 2.29. The number of rotatable bonds is 7. The second kappa shape index (κ2) is 8.12. The van der Waals surface area contributed by atoms with Crippen LogP contribution in [0.5, 0.6) is 0 Å². The fourth-order valence-corrected chi connectivity index (χ4v) is 2.29. The number of piperidine rings is 1. The van der Waals surface area contributed by atoms with Gasteiger partial charge in [-0.2, -0.15) is 0 Å². The van der Waals surface area contributed by atoms with Gasteiger partial charge in [0, 0.05) is 6.04 Å². The van der Waals surface area contributed by atoms with Crippen molar-refractivity contribution in [3.05, 3.63) is 0 Å². The minimum Gasteiger partial charge on any atom is -0.328 e. The van der Waals surface area contributed by atoms with E-state index < -0.39 is 0 Å². The van der Waals surface area contributed by atoms with Gasteiger partial charge in [-0.15, -0.1) is 0 Å². The van der Waals surface area contributed by atoms with Crippen LogP contribution < -0.4 is 5.73 Å². The molecular formula is C13H28N2. The number of nitrogens with two attached hydrogens (primary N) is 1. The van der Waals surface area contributed by atoms with Gasteiger partial charge in [-0.3, -0.25) is 0 Å². The molecule has 0 aliphatic carbocycles. The van der Waals surface area contributed by atoms with Crippen LogP contribution in [0, 0.1) is 0 Å². The zero-order valence-electron chi connectivity index (χ0n) is 10.4. The van der Waals surface area contributed by atoms with E-state index in [1.807, 2.05) is 0 Å². The third-order valence-electron chi connectivity index (χ3n) is 3.46. The summed E-state index contributed by atoms with van der Waals surface area (Å²) in [5.41, 5.74) is 5.88. The van der Waals surface area contributed by atoms with Crippen molar-refractivity contribution < 1.29 is 0 Å². The van der Waals surface area contributed by atoms with E-state index in [1.54, 1.807) is 0 Å². The van der Waals surface area contributed by atoms with Gasteiger partial charge in [-0.1, -0.05) is 39.0 Å². The minimum atomic E-state index is 0.478. The summed E-state index contributed by atoms with van der Waals surface area (Å²) < 4.78 is 0. The Morgan fingerprint density at radius 1 is 1.00 bits per heavy atom. The largest absolute Gasteiger partial charge is 0.328 e. The SMILES string of the molecule is CCCCCCCCN1CCC(N)CC1. The number of hydrogen-bond acceptors (Lipinski definition) is 2. The summed E-state index contributed by atoms with van der Waals surface area (Å²) in [5, 5.41) is 0. The first-order valence-electron chi connectivity index (χ1n) is 6.81. The monoisotopic (exact) mass is 212 g/mol. The lowest BCUT2D eigenvalue weighted by Gasteiger charge is -2.29. The first-order valence-corrected chi connectivity index (χ1v) is 6.81. The standard InChI is InChI=1S/C13H28N2/c1-2-3-4-5-6-7-10-15-11-8-13(14)9-12-15/h13H,2-12,14H2,1H3. The van der Waals surface area contributed by atoms with E-state index >= 15 is 0 Å². The van der Waals surface area contributed by atoms with E-state index in [9.17, 15) is 0 Å². The zero-order chi connectivity index (χ0) is 10.9. The van der Waals surface area contributed by atoms with E-state index in [-0.39, 0.29) is 0 Å². The average Bonchev–Trinajstić information content (AvgIpc) is 2.26. The van der Waals surface area contributed by atoms with Crippen LogP contribution in [0.25, 0.3) is 0 Å². The van der Waals surface area contributed by atoms with Crippen LogP contribution in [0.2, 0.25) is 0 Å². The third kappa shape index (κ3) is 6.16. The first kappa shape index (κ1) is 13.0. The van der Waals surface area contributed by atoms with Crippen LogP contribution in [-0.4, -0.2) is 30.6 Å². The van der Waals surface area contributed by atoms with Crippen molar-refractivity contribution in [3.8, 4) is 0 Å². The summed E-state index contributed by atoms with van der Waals surface area (Å²) in [4.78, 5) is 2.59. The van der Waals surface area contributed by atoms with Crippen LogP contribution in [0.4, 0.5) is 0 Å². The molecule has 0 saturated carbocycles. The Labute approximate surface area is 95.2 Å². The Morgan fingerprint density at radius 3 is 2.27 bits per heavy atom. The number of hydrogen-bond donors (Lipinski definition) is 1. The fraction of sp³-hybridized carbons (Fsp3) is 1.00. The van der Waals surface area contributed by atoms with Gasteiger partial charge < -0.3 is 10.6 Å². The molecule has 1 fully saturated rings. The van der Waals surface area contributed by atoms with Crippen molar-refractivity contribution in [2.24, 2.45) is 5.73 Å². The van der Waals surface area contributed by atoms with Crippen molar-refractivity contribution in [2.45, 2.75) is 64.3 Å². The Hall–Kier alpha value is -0.0800. The molecule has 0 bridgehead atoms. The van der Waals surface area contributed by atoms with Crippen LogP contribution in [-0.2, 0) is 0 Å². The van der Waals surface area contributed by atoms with Crippen molar-refractivity contribution in [1.82, 2.24) is 4.90 Å². The summed E-state index contributed by atoms with van der Waals surface area (Å²) in [7, 11) is 0. The van der Waals surface area contributed by atoms with Gasteiger partial charge in [-0.05, 0) is 38.9 Å². The Balaban J connectivity index is 1.87. The maximum absolute atomic E-state index is 5.88. The van der Waals surface area contributed by atoms with Gasteiger partial charge in [0.15, 0.2) is 0 Å². The molecule has 0 aromatic carbocycles. The summed E-state index contributed by atoms with van der Waals surface area (Å²) in [5.74, 6) is 0. The molecule has 2 heteroatoms. The van der Waals surface area contributed by atoms with E-state index in [2.05, 4.69) is 11.8 Å². The first-order chi connectivity index (χ1) is 7.33. The molecule has 0 unspecified atom stereocenters. The lowest BCUT2D eigenvalue weighted by molar-refractivity contribution is 0.209. The highest BCUT2D eigenvalue weighted by Gasteiger charge is 2.14. The normalized spacial score (nSPS) is 19.6. The van der Waals surface area contributed by atoms with Crippen molar-refractivity contribution >= 4 is 0 Å². The molecule has 0 aromatic heterocycles. The number of unbranched alkanes of at least 4 members (excludes halogenated alkanes) is 5. The topological polar surface area (TPSA) is 29.3 Å². The van der Waals surface area contributed by atoms with Crippen molar-refractivity contribution in [2.75, 3.05) is 19.6 Å². The molecule has 2 N–H and O–H groups in total. The second-order valence-corrected chi connectivity index (χ2v) is 4.95. The van der Waals surface area contributed by atoms with Crippen LogP contribution in [0.15, 0.2) is 0 Å². The van der Waals surface area contributed by atoms with Gasteiger partial charge in [0.2, 0.25) is 0 Å². The van der Waals surface area contributed by atoms with Crippen LogP contribution >= 0.6 is 0 Å². The smallest absolute Gasteiger partial charge is 0.00631 e. The molecule has 1 saturated heterocycles. The van der Waals surface area contributed by atoms with Gasteiger partial charge >= 0.3 is 0 Å². The maximum Gasteiger partial charge on any atom is 0.00631 e. The predicted molar refractivity (Wildman–Crippen MR) is 67.0 cm³/mol. The maximum atomic E-state index is 5.88. The van der Waals surface area contributed by atoms with Gasteiger partial charge in [-0.25, -0.2) is 0 Å². The van der Waals surface area contributed by atoms with Gasteiger partial charge in [0.05, 0.1) is 0 Å². The average molecular weight is 212 g/mol. The molecule has 1 aliphatic heterocycles. The number of nitrogens with zero attached hydrogens (tertiary/aromatic N) is 1. The quantitative estimate of drug-likeness (QED) is 0.658. The molecule has 1 rings (SSSR count). The minimum absolute atomic E-state index is 0.478. The molecule has 0 atom stereocenters. The molecule has 90 valence electrons. The highest BCUT2D eigenvalue weighted by molar-refractivity contribution is 4.73. The van der Waals surface area contributed by atoms with E-state index in [0.717, 1.165) is 0 Å².